The molecule has 0 radical (unpaired) electrons. The summed E-state index contributed by atoms with van der Waals surface area (Å²) in [6, 6.07) is 4.14. The summed E-state index contributed by atoms with van der Waals surface area (Å²) in [6.07, 6.45) is 13.2. The van der Waals surface area contributed by atoms with Crippen molar-refractivity contribution in [1.82, 2.24) is 15.0 Å². The van der Waals surface area contributed by atoms with Crippen molar-refractivity contribution in [3.05, 3.63) is 24.2 Å². The number of nitrogens with zero attached hydrogens (tertiary/aromatic N) is 3. The minimum atomic E-state index is -0.0830. The van der Waals surface area contributed by atoms with E-state index in [1.807, 2.05) is 0 Å². The highest BCUT2D eigenvalue weighted by Crippen LogP contribution is 2.31. The standard InChI is InChI=1S/C19H25N3O3/c23-19(17-20-18(25-21-17)16-12-7-13-24-16)22(14-8-3-1-4-9-14)15-10-5-2-6-11-15/h7,12-15H,1-6,8-11H2. The molecule has 0 bridgehead atoms. The van der Waals surface area contributed by atoms with Crippen molar-refractivity contribution in [2.75, 3.05) is 0 Å². The van der Waals surface area contributed by atoms with Crippen LogP contribution in [0.25, 0.3) is 11.7 Å². The number of furan rings is 1. The van der Waals surface area contributed by atoms with Gasteiger partial charge in [0.25, 0.3) is 17.6 Å². The second-order valence-electron chi connectivity index (χ2n) is 7.20. The SMILES string of the molecule is O=C(c1noc(-c2ccco2)n1)N(C1CCCCC1)C1CCCCC1. The zero-order valence-electron chi connectivity index (χ0n) is 14.5. The van der Waals surface area contributed by atoms with Crippen LogP contribution in [-0.4, -0.2) is 33.0 Å². The molecule has 2 aromatic heterocycles. The largest absolute Gasteiger partial charge is 0.459 e. The first-order chi connectivity index (χ1) is 12.3. The van der Waals surface area contributed by atoms with Gasteiger partial charge in [-0.25, -0.2) is 0 Å². The van der Waals surface area contributed by atoms with Crippen LogP contribution < -0.4 is 0 Å². The Morgan fingerprint density at radius 2 is 1.64 bits per heavy atom. The highest BCUT2D eigenvalue weighted by Gasteiger charge is 2.35. The Balaban J connectivity index is 1.58. The third-order valence-corrected chi connectivity index (χ3v) is 5.52. The predicted octanol–water partition coefficient (Wildman–Crippen LogP) is 4.44. The number of amides is 1. The number of carbonyl (C=O) groups is 1. The minimum absolute atomic E-state index is 0.0830. The second-order valence-corrected chi connectivity index (χ2v) is 7.20. The number of rotatable bonds is 4. The molecule has 1 amide bonds. The third kappa shape index (κ3) is 3.48. The smallest absolute Gasteiger partial charge is 0.295 e. The van der Waals surface area contributed by atoms with Gasteiger partial charge in [-0.05, 0) is 37.8 Å². The third-order valence-electron chi connectivity index (χ3n) is 5.52. The molecular formula is C19H25N3O3. The summed E-state index contributed by atoms with van der Waals surface area (Å²) in [5.41, 5.74) is 0. The van der Waals surface area contributed by atoms with Gasteiger partial charge in [0, 0.05) is 12.1 Å². The van der Waals surface area contributed by atoms with Crippen LogP contribution >= 0.6 is 0 Å². The van der Waals surface area contributed by atoms with Gasteiger partial charge in [0.1, 0.15) is 0 Å². The van der Waals surface area contributed by atoms with Crippen molar-refractivity contribution in [3.8, 4) is 11.7 Å². The van der Waals surface area contributed by atoms with Crippen LogP contribution in [0.2, 0.25) is 0 Å². The lowest BCUT2D eigenvalue weighted by atomic mass is 9.88. The topological polar surface area (TPSA) is 72.4 Å². The van der Waals surface area contributed by atoms with E-state index in [-0.39, 0.29) is 17.6 Å². The highest BCUT2D eigenvalue weighted by molar-refractivity contribution is 5.91. The summed E-state index contributed by atoms with van der Waals surface area (Å²) < 4.78 is 10.5. The molecule has 6 heteroatoms. The molecule has 0 unspecified atom stereocenters. The Kier molecular flexibility index (Phi) is 4.85. The lowest BCUT2D eigenvalue weighted by molar-refractivity contribution is 0.0433. The van der Waals surface area contributed by atoms with Crippen LogP contribution in [0.1, 0.15) is 74.8 Å². The van der Waals surface area contributed by atoms with Crippen molar-refractivity contribution in [2.45, 2.75) is 76.3 Å². The van der Waals surface area contributed by atoms with Gasteiger partial charge >= 0.3 is 0 Å². The summed E-state index contributed by atoms with van der Waals surface area (Å²) >= 11 is 0. The summed E-state index contributed by atoms with van der Waals surface area (Å²) in [4.78, 5) is 19.6. The van der Waals surface area contributed by atoms with Crippen molar-refractivity contribution in [3.63, 3.8) is 0 Å². The van der Waals surface area contributed by atoms with Gasteiger partial charge in [0.15, 0.2) is 5.76 Å². The molecule has 6 nitrogen and oxygen atoms in total. The van der Waals surface area contributed by atoms with Crippen LogP contribution in [0.15, 0.2) is 27.3 Å². The van der Waals surface area contributed by atoms with Crippen molar-refractivity contribution in [1.29, 1.82) is 0 Å². The summed E-state index contributed by atoms with van der Waals surface area (Å²) in [6.45, 7) is 0. The minimum Gasteiger partial charge on any atom is -0.459 e. The molecule has 134 valence electrons. The normalized spacial score (nSPS) is 19.8. The van der Waals surface area contributed by atoms with Gasteiger partial charge < -0.3 is 13.8 Å². The molecule has 2 heterocycles. The molecule has 2 saturated carbocycles. The van der Waals surface area contributed by atoms with Crippen LogP contribution in [0.5, 0.6) is 0 Å². The van der Waals surface area contributed by atoms with Crippen LogP contribution in [0, 0.1) is 0 Å². The lowest BCUT2D eigenvalue weighted by Crippen LogP contribution is -2.49. The number of hydrogen-bond donors (Lipinski definition) is 0. The van der Waals surface area contributed by atoms with Gasteiger partial charge in [-0.15, -0.1) is 0 Å². The van der Waals surface area contributed by atoms with Gasteiger partial charge in [-0.2, -0.15) is 4.98 Å². The maximum Gasteiger partial charge on any atom is 0.295 e. The lowest BCUT2D eigenvalue weighted by Gasteiger charge is -2.41. The molecule has 25 heavy (non-hydrogen) atoms. The summed E-state index contributed by atoms with van der Waals surface area (Å²) in [7, 11) is 0. The Hall–Kier alpha value is -2.11. The quantitative estimate of drug-likeness (QED) is 0.821. The average Bonchev–Trinajstić information content (AvgIpc) is 3.35. The molecule has 4 rings (SSSR count). The first-order valence-electron chi connectivity index (χ1n) is 9.53. The van der Waals surface area contributed by atoms with E-state index in [2.05, 4.69) is 15.0 Å². The predicted molar refractivity (Wildman–Crippen MR) is 91.9 cm³/mol. The fraction of sp³-hybridized carbons (Fsp3) is 0.632. The van der Waals surface area contributed by atoms with Gasteiger partial charge in [0.05, 0.1) is 6.26 Å². The van der Waals surface area contributed by atoms with E-state index in [1.54, 1.807) is 18.4 Å². The molecule has 2 aliphatic carbocycles. The van der Waals surface area contributed by atoms with Crippen LogP contribution in [0.3, 0.4) is 0 Å². The summed E-state index contributed by atoms with van der Waals surface area (Å²) in [5, 5.41) is 3.95. The first-order valence-corrected chi connectivity index (χ1v) is 9.53. The molecule has 0 N–H and O–H groups in total. The fourth-order valence-corrected chi connectivity index (χ4v) is 4.27. The molecule has 2 fully saturated rings. The van der Waals surface area contributed by atoms with E-state index < -0.39 is 0 Å². The van der Waals surface area contributed by atoms with Gasteiger partial charge in [0.2, 0.25) is 0 Å². The highest BCUT2D eigenvalue weighted by atomic mass is 16.5. The molecule has 0 aliphatic heterocycles. The zero-order chi connectivity index (χ0) is 17.1. The molecular weight excluding hydrogens is 318 g/mol. The Bertz CT molecular complexity index is 665. The molecule has 0 saturated heterocycles. The zero-order valence-corrected chi connectivity index (χ0v) is 14.5. The Morgan fingerprint density at radius 3 is 2.20 bits per heavy atom. The molecule has 0 spiro atoms. The summed E-state index contributed by atoms with van der Waals surface area (Å²) in [5.74, 6) is 0.830. The van der Waals surface area contributed by atoms with Gasteiger partial charge in [-0.1, -0.05) is 43.7 Å². The van der Waals surface area contributed by atoms with Gasteiger partial charge in [-0.3, -0.25) is 4.79 Å². The number of carbonyl (C=O) groups excluding carboxylic acids is 1. The first kappa shape index (κ1) is 16.4. The Labute approximate surface area is 147 Å². The molecule has 0 atom stereocenters. The van der Waals surface area contributed by atoms with E-state index in [1.165, 1.54) is 38.5 Å². The molecule has 0 aromatic carbocycles. The maximum atomic E-state index is 13.2. The van der Waals surface area contributed by atoms with Crippen molar-refractivity contribution in [2.24, 2.45) is 0 Å². The van der Waals surface area contributed by atoms with E-state index in [4.69, 9.17) is 8.94 Å². The number of hydrogen-bond acceptors (Lipinski definition) is 5. The molecule has 2 aliphatic rings. The monoisotopic (exact) mass is 343 g/mol. The second kappa shape index (κ2) is 7.42. The maximum absolute atomic E-state index is 13.2. The van der Waals surface area contributed by atoms with Crippen LogP contribution in [-0.2, 0) is 0 Å². The van der Waals surface area contributed by atoms with E-state index in [9.17, 15) is 4.79 Å². The van der Waals surface area contributed by atoms with E-state index >= 15 is 0 Å². The van der Waals surface area contributed by atoms with E-state index in [0.717, 1.165) is 25.7 Å². The Morgan fingerprint density at radius 1 is 1.00 bits per heavy atom. The van der Waals surface area contributed by atoms with Crippen molar-refractivity contribution >= 4 is 5.91 Å². The molecule has 2 aromatic rings. The van der Waals surface area contributed by atoms with Crippen LogP contribution in [0.4, 0.5) is 0 Å². The van der Waals surface area contributed by atoms with E-state index in [0.29, 0.717) is 17.8 Å². The van der Waals surface area contributed by atoms with Crippen molar-refractivity contribution < 1.29 is 13.7 Å². The number of aromatic nitrogens is 2. The average molecular weight is 343 g/mol. The fourth-order valence-electron chi connectivity index (χ4n) is 4.27.